The predicted octanol–water partition coefficient (Wildman–Crippen LogP) is 13.1. The molecule has 226 valence electrons. The summed E-state index contributed by atoms with van der Waals surface area (Å²) in [6, 6.07) is 66.7. The van der Waals surface area contributed by atoms with E-state index in [4.69, 9.17) is 4.74 Å². The number of nitrogens with zero attached hydrogens (tertiary/aromatic N) is 1. The van der Waals surface area contributed by atoms with Crippen LogP contribution in [0.5, 0.6) is 11.5 Å². The van der Waals surface area contributed by atoms with Gasteiger partial charge in [0.25, 0.3) is 0 Å². The smallest absolute Gasteiger partial charge is 0.137 e. The van der Waals surface area contributed by atoms with Crippen molar-refractivity contribution in [2.24, 2.45) is 0 Å². The number of ether oxygens (including phenoxy) is 1. The van der Waals surface area contributed by atoms with Gasteiger partial charge >= 0.3 is 0 Å². The molecule has 1 aliphatic rings. The highest BCUT2D eigenvalue weighted by molar-refractivity contribution is 6.07. The summed E-state index contributed by atoms with van der Waals surface area (Å²) in [5, 5.41) is 2.43. The summed E-state index contributed by atoms with van der Waals surface area (Å²) in [5.74, 6) is 1.69. The zero-order valence-electron chi connectivity index (χ0n) is 26.3. The molecule has 0 unspecified atom stereocenters. The molecule has 1 aliphatic heterocycles. The average molecular weight is 614 g/mol. The summed E-state index contributed by atoms with van der Waals surface area (Å²) in [5.41, 5.74) is 12.5. The molecule has 1 heterocycles. The Hall–Kier alpha value is -6.38. The molecule has 2 heteroatoms. The lowest BCUT2D eigenvalue weighted by Gasteiger charge is -2.27. The first kappa shape index (κ1) is 27.9. The molecule has 9 rings (SSSR count). The minimum atomic E-state index is 0.835. The van der Waals surface area contributed by atoms with E-state index in [1.807, 2.05) is 6.07 Å². The Morgan fingerprint density at radius 1 is 0.333 bits per heavy atom. The fourth-order valence-electron chi connectivity index (χ4n) is 6.94. The van der Waals surface area contributed by atoms with Gasteiger partial charge in [-0.05, 0) is 81.1 Å². The second-order valence-electron chi connectivity index (χ2n) is 12.1. The zero-order chi connectivity index (χ0) is 31.9. The number of hydrogen-bond acceptors (Lipinski definition) is 2. The molecule has 8 aromatic carbocycles. The number of hydrogen-bond donors (Lipinski definition) is 0. The zero-order valence-corrected chi connectivity index (χ0v) is 26.3. The normalized spacial score (nSPS) is 11.5. The van der Waals surface area contributed by atoms with Gasteiger partial charge in [0.05, 0.1) is 0 Å². The highest BCUT2D eigenvalue weighted by Gasteiger charge is 2.24. The van der Waals surface area contributed by atoms with Gasteiger partial charge in [0.15, 0.2) is 0 Å². The Morgan fingerprint density at radius 3 is 1.52 bits per heavy atom. The third kappa shape index (κ3) is 4.92. The molecule has 0 bridgehead atoms. The first-order chi connectivity index (χ1) is 23.8. The lowest BCUT2D eigenvalue weighted by Crippen LogP contribution is -2.10. The maximum absolute atomic E-state index is 6.82. The van der Waals surface area contributed by atoms with Crippen LogP contribution in [0.4, 0.5) is 17.1 Å². The molecule has 2 nitrogen and oxygen atoms in total. The van der Waals surface area contributed by atoms with E-state index in [2.05, 4.69) is 187 Å². The second-order valence-corrected chi connectivity index (χ2v) is 12.1. The molecule has 0 amide bonds. The van der Waals surface area contributed by atoms with Crippen LogP contribution in [-0.2, 0) is 0 Å². The molecule has 0 radical (unpaired) electrons. The van der Waals surface area contributed by atoms with Crippen LogP contribution >= 0.6 is 0 Å². The second kappa shape index (κ2) is 11.8. The van der Waals surface area contributed by atoms with Crippen molar-refractivity contribution >= 4 is 27.8 Å². The lowest BCUT2D eigenvalue weighted by molar-refractivity contribution is 0.488. The van der Waals surface area contributed by atoms with Crippen molar-refractivity contribution in [3.05, 3.63) is 188 Å². The summed E-state index contributed by atoms with van der Waals surface area (Å²) >= 11 is 0. The van der Waals surface area contributed by atoms with Crippen LogP contribution in [-0.4, -0.2) is 0 Å². The molecule has 0 atom stereocenters. The van der Waals surface area contributed by atoms with Gasteiger partial charge in [-0.2, -0.15) is 0 Å². The van der Waals surface area contributed by atoms with Crippen molar-refractivity contribution < 1.29 is 4.74 Å². The largest absolute Gasteiger partial charge is 0.456 e. The third-order valence-corrected chi connectivity index (χ3v) is 9.28. The molecular weight excluding hydrogens is 583 g/mol. The molecule has 0 fully saturated rings. The van der Waals surface area contributed by atoms with E-state index in [1.54, 1.807) is 0 Å². The van der Waals surface area contributed by atoms with Crippen LogP contribution in [0.3, 0.4) is 0 Å². The summed E-state index contributed by atoms with van der Waals surface area (Å²) in [6.07, 6.45) is 0. The Labute approximate surface area is 280 Å². The number of para-hydroxylation sites is 1. The fraction of sp³-hybridized carbons (Fsp3) is 0. The van der Waals surface area contributed by atoms with Crippen molar-refractivity contribution in [2.75, 3.05) is 4.90 Å². The number of anilines is 3. The SMILES string of the molecule is c1ccc(-c2ccc(N(c3ccc(-c4ccccc4)cc3)c3ccc4c(c3)Oc3ccccc3-c3ccc5ccccc5c3-4)cc2)cc1. The first-order valence-corrected chi connectivity index (χ1v) is 16.3. The van der Waals surface area contributed by atoms with Crippen LogP contribution in [0, 0.1) is 0 Å². The van der Waals surface area contributed by atoms with Crippen molar-refractivity contribution in [1.29, 1.82) is 0 Å². The van der Waals surface area contributed by atoms with Crippen molar-refractivity contribution in [1.82, 2.24) is 0 Å². The van der Waals surface area contributed by atoms with E-state index in [1.165, 1.54) is 44.2 Å². The summed E-state index contributed by atoms with van der Waals surface area (Å²) in [6.45, 7) is 0. The quantitative estimate of drug-likeness (QED) is 0.191. The van der Waals surface area contributed by atoms with Crippen molar-refractivity contribution in [3.8, 4) is 56.0 Å². The van der Waals surface area contributed by atoms with E-state index in [0.717, 1.165) is 39.7 Å². The molecule has 0 aromatic heterocycles. The van der Waals surface area contributed by atoms with E-state index >= 15 is 0 Å². The highest BCUT2D eigenvalue weighted by atomic mass is 16.5. The van der Waals surface area contributed by atoms with Gasteiger partial charge in [-0.1, -0.05) is 140 Å². The van der Waals surface area contributed by atoms with E-state index in [9.17, 15) is 0 Å². The maximum atomic E-state index is 6.82. The minimum Gasteiger partial charge on any atom is -0.456 e. The van der Waals surface area contributed by atoms with Crippen LogP contribution in [0.15, 0.2) is 188 Å². The Kier molecular flexibility index (Phi) is 6.84. The average Bonchev–Trinajstić information content (AvgIpc) is 3.30. The fourth-order valence-corrected chi connectivity index (χ4v) is 6.94. The Morgan fingerprint density at radius 2 is 0.854 bits per heavy atom. The van der Waals surface area contributed by atoms with Gasteiger partial charge in [-0.15, -0.1) is 0 Å². The van der Waals surface area contributed by atoms with Crippen LogP contribution < -0.4 is 9.64 Å². The van der Waals surface area contributed by atoms with Crippen LogP contribution in [0.2, 0.25) is 0 Å². The highest BCUT2D eigenvalue weighted by Crippen LogP contribution is 2.51. The number of fused-ring (bicyclic) bond motifs is 7. The van der Waals surface area contributed by atoms with Crippen molar-refractivity contribution in [3.63, 3.8) is 0 Å². The lowest BCUT2D eigenvalue weighted by atomic mass is 9.89. The Bertz CT molecular complexity index is 2310. The minimum absolute atomic E-state index is 0.835. The monoisotopic (exact) mass is 613 g/mol. The van der Waals surface area contributed by atoms with E-state index in [0.29, 0.717) is 0 Å². The van der Waals surface area contributed by atoms with Gasteiger partial charge in [-0.25, -0.2) is 0 Å². The van der Waals surface area contributed by atoms with Crippen molar-refractivity contribution in [2.45, 2.75) is 0 Å². The van der Waals surface area contributed by atoms with Gasteiger partial charge in [0.2, 0.25) is 0 Å². The first-order valence-electron chi connectivity index (χ1n) is 16.3. The van der Waals surface area contributed by atoms with E-state index in [-0.39, 0.29) is 0 Å². The molecular formula is C46H31NO. The molecule has 0 aliphatic carbocycles. The van der Waals surface area contributed by atoms with Gasteiger partial charge < -0.3 is 9.64 Å². The molecule has 0 saturated carbocycles. The third-order valence-electron chi connectivity index (χ3n) is 9.28. The van der Waals surface area contributed by atoms with Gasteiger partial charge in [0, 0.05) is 39.8 Å². The standard InChI is InChI=1S/C46H31NO/c1-3-11-32(12-4-1)34-19-24-37(25-20-34)47(38-26-21-35(22-27-38)33-13-5-2-6-14-33)39-28-30-43-45(31-39)48-44-18-10-9-17-41(44)42-29-23-36-15-7-8-16-40(36)46(42)43/h1-31H. The molecule has 48 heavy (non-hydrogen) atoms. The van der Waals surface area contributed by atoms with Gasteiger partial charge in [-0.3, -0.25) is 0 Å². The number of rotatable bonds is 5. The molecule has 0 saturated heterocycles. The Balaban J connectivity index is 1.21. The summed E-state index contributed by atoms with van der Waals surface area (Å²) < 4.78 is 6.82. The predicted molar refractivity (Wildman–Crippen MR) is 200 cm³/mol. The molecule has 0 N–H and O–H groups in total. The topological polar surface area (TPSA) is 12.5 Å². The maximum Gasteiger partial charge on any atom is 0.137 e. The number of benzene rings is 8. The van der Waals surface area contributed by atoms with Crippen LogP contribution in [0.1, 0.15) is 0 Å². The van der Waals surface area contributed by atoms with E-state index < -0.39 is 0 Å². The van der Waals surface area contributed by atoms with Crippen LogP contribution in [0.25, 0.3) is 55.3 Å². The molecule has 0 spiro atoms. The summed E-state index contributed by atoms with van der Waals surface area (Å²) in [4.78, 5) is 2.31. The van der Waals surface area contributed by atoms with Gasteiger partial charge in [0.1, 0.15) is 11.5 Å². The molecule has 8 aromatic rings. The summed E-state index contributed by atoms with van der Waals surface area (Å²) in [7, 11) is 0.